The van der Waals surface area contributed by atoms with Crippen molar-refractivity contribution in [3.63, 3.8) is 0 Å². The Morgan fingerprint density at radius 2 is 1.96 bits per heavy atom. The molecular formula is C15H15N3O4S. The number of aliphatic hydroxyl groups is 1. The van der Waals surface area contributed by atoms with Crippen molar-refractivity contribution in [1.82, 2.24) is 9.88 Å². The molecule has 0 bridgehead atoms. The monoisotopic (exact) mass is 333 g/mol. The largest absolute Gasteiger partial charge is 0.393 e. The van der Waals surface area contributed by atoms with Crippen LogP contribution in [0, 0.1) is 10.1 Å². The summed E-state index contributed by atoms with van der Waals surface area (Å²) < 4.78 is 0. The minimum Gasteiger partial charge on any atom is -0.393 e. The predicted molar refractivity (Wildman–Crippen MR) is 85.3 cm³/mol. The number of hydrogen-bond acceptors (Lipinski definition) is 6. The Labute approximate surface area is 136 Å². The zero-order chi connectivity index (χ0) is 16.4. The second-order valence-corrected chi connectivity index (χ2v) is 6.22. The molecule has 1 aromatic heterocycles. The fourth-order valence-corrected chi connectivity index (χ4v) is 3.26. The quantitative estimate of drug-likeness (QED) is 0.687. The molecule has 1 aromatic carbocycles. The van der Waals surface area contributed by atoms with E-state index in [4.69, 9.17) is 0 Å². The molecule has 7 nitrogen and oxygen atoms in total. The van der Waals surface area contributed by atoms with Crippen molar-refractivity contribution in [3.05, 3.63) is 45.5 Å². The van der Waals surface area contributed by atoms with Crippen LogP contribution in [-0.4, -0.2) is 45.0 Å². The maximum Gasteiger partial charge on any atom is 0.273 e. The number of aromatic nitrogens is 1. The highest BCUT2D eigenvalue weighted by atomic mass is 32.1. The number of likely N-dealkylation sites (tertiary alicyclic amines) is 1. The van der Waals surface area contributed by atoms with Gasteiger partial charge in [0.15, 0.2) is 0 Å². The number of nitrogens with zero attached hydrogens (tertiary/aromatic N) is 3. The van der Waals surface area contributed by atoms with E-state index >= 15 is 0 Å². The first-order valence-corrected chi connectivity index (χ1v) is 8.10. The third-order valence-electron chi connectivity index (χ3n) is 3.80. The number of piperidine rings is 1. The number of rotatable bonds is 3. The maximum atomic E-state index is 12.4. The molecule has 1 N–H and O–H groups in total. The molecule has 1 aliphatic rings. The number of benzene rings is 1. The number of thiazole rings is 1. The molecule has 1 aliphatic heterocycles. The summed E-state index contributed by atoms with van der Waals surface area (Å²) in [7, 11) is 0. The number of nitro groups is 1. The fraction of sp³-hybridized carbons (Fsp3) is 0.333. The lowest BCUT2D eigenvalue weighted by molar-refractivity contribution is -0.384. The van der Waals surface area contributed by atoms with Gasteiger partial charge in [-0.1, -0.05) is 0 Å². The zero-order valence-corrected chi connectivity index (χ0v) is 13.0. The topological polar surface area (TPSA) is 96.6 Å². The Morgan fingerprint density at radius 3 is 2.57 bits per heavy atom. The molecule has 3 rings (SSSR count). The standard InChI is InChI=1S/C15H15N3O4S/c19-12-5-7-17(8-6-12)15(20)13-9-23-14(16-13)10-1-3-11(4-2-10)18(21)22/h1-4,9,12,19H,5-8H2. The summed E-state index contributed by atoms with van der Waals surface area (Å²) in [5.41, 5.74) is 1.14. The number of aliphatic hydroxyl groups excluding tert-OH is 1. The second-order valence-electron chi connectivity index (χ2n) is 5.37. The molecule has 0 aliphatic carbocycles. The van der Waals surface area contributed by atoms with E-state index in [2.05, 4.69) is 4.98 Å². The van der Waals surface area contributed by atoms with E-state index in [0.717, 1.165) is 5.56 Å². The third-order valence-corrected chi connectivity index (χ3v) is 4.69. The highest BCUT2D eigenvalue weighted by molar-refractivity contribution is 7.13. The van der Waals surface area contributed by atoms with Gasteiger partial charge in [0.1, 0.15) is 10.7 Å². The first-order valence-electron chi connectivity index (χ1n) is 7.22. The lowest BCUT2D eigenvalue weighted by Gasteiger charge is -2.28. The molecule has 23 heavy (non-hydrogen) atoms. The van der Waals surface area contributed by atoms with Gasteiger partial charge in [-0.2, -0.15) is 0 Å². The zero-order valence-electron chi connectivity index (χ0n) is 12.2. The molecule has 8 heteroatoms. The van der Waals surface area contributed by atoms with E-state index in [-0.39, 0.29) is 17.7 Å². The Balaban J connectivity index is 1.74. The number of carbonyl (C=O) groups excluding carboxylic acids is 1. The molecule has 0 atom stereocenters. The second kappa shape index (κ2) is 6.43. The molecule has 1 saturated heterocycles. The van der Waals surface area contributed by atoms with Gasteiger partial charge in [-0.3, -0.25) is 14.9 Å². The van der Waals surface area contributed by atoms with Crippen molar-refractivity contribution in [2.24, 2.45) is 0 Å². The number of non-ortho nitro benzene ring substituents is 1. The Kier molecular flexibility index (Phi) is 4.35. The van der Waals surface area contributed by atoms with Crippen molar-refractivity contribution in [3.8, 4) is 10.6 Å². The lowest BCUT2D eigenvalue weighted by atomic mass is 10.1. The molecule has 0 unspecified atom stereocenters. The Morgan fingerprint density at radius 1 is 1.30 bits per heavy atom. The molecule has 2 aromatic rings. The highest BCUT2D eigenvalue weighted by Crippen LogP contribution is 2.26. The van der Waals surface area contributed by atoms with Gasteiger partial charge in [0.05, 0.1) is 11.0 Å². The van der Waals surface area contributed by atoms with E-state index in [9.17, 15) is 20.0 Å². The summed E-state index contributed by atoms with van der Waals surface area (Å²) in [5, 5.41) is 22.5. The van der Waals surface area contributed by atoms with Gasteiger partial charge in [0.25, 0.3) is 11.6 Å². The van der Waals surface area contributed by atoms with E-state index < -0.39 is 4.92 Å². The third kappa shape index (κ3) is 3.38. The van der Waals surface area contributed by atoms with Crippen LogP contribution in [0.3, 0.4) is 0 Å². The SMILES string of the molecule is O=C(c1csc(-c2ccc([N+](=O)[O-])cc2)n1)N1CCC(O)CC1. The van der Waals surface area contributed by atoms with Crippen molar-refractivity contribution in [2.75, 3.05) is 13.1 Å². The fourth-order valence-electron chi connectivity index (χ4n) is 2.46. The normalized spacial score (nSPS) is 15.6. The van der Waals surface area contributed by atoms with Gasteiger partial charge < -0.3 is 10.0 Å². The minimum atomic E-state index is -0.453. The summed E-state index contributed by atoms with van der Waals surface area (Å²) in [5.74, 6) is -0.138. The van der Waals surface area contributed by atoms with Crippen LogP contribution in [0.15, 0.2) is 29.6 Å². The van der Waals surface area contributed by atoms with Crippen LogP contribution in [0.25, 0.3) is 10.6 Å². The van der Waals surface area contributed by atoms with Gasteiger partial charge in [-0.15, -0.1) is 11.3 Å². The molecule has 1 amide bonds. The predicted octanol–water partition coefficient (Wildman–Crippen LogP) is 2.32. The average molecular weight is 333 g/mol. The first kappa shape index (κ1) is 15.6. The van der Waals surface area contributed by atoms with Crippen molar-refractivity contribution in [2.45, 2.75) is 18.9 Å². The lowest BCUT2D eigenvalue weighted by Crippen LogP contribution is -2.40. The molecule has 0 spiro atoms. The highest BCUT2D eigenvalue weighted by Gasteiger charge is 2.24. The summed E-state index contributed by atoms with van der Waals surface area (Å²) in [6.07, 6.45) is 0.848. The summed E-state index contributed by atoms with van der Waals surface area (Å²) in [6.45, 7) is 1.06. The van der Waals surface area contributed by atoms with E-state index in [1.165, 1.54) is 23.5 Å². The molecule has 120 valence electrons. The molecule has 1 fully saturated rings. The van der Waals surface area contributed by atoms with Crippen LogP contribution in [0.4, 0.5) is 5.69 Å². The van der Waals surface area contributed by atoms with Crippen LogP contribution >= 0.6 is 11.3 Å². The molecule has 0 saturated carbocycles. The van der Waals surface area contributed by atoms with E-state index in [1.807, 2.05) is 0 Å². The van der Waals surface area contributed by atoms with Crippen LogP contribution in [0.1, 0.15) is 23.3 Å². The van der Waals surface area contributed by atoms with Gasteiger partial charge in [0, 0.05) is 36.2 Å². The molecule has 0 radical (unpaired) electrons. The number of carbonyl (C=O) groups is 1. The van der Waals surface area contributed by atoms with Crippen LogP contribution in [0.5, 0.6) is 0 Å². The van der Waals surface area contributed by atoms with Crippen LogP contribution in [0.2, 0.25) is 0 Å². The summed E-state index contributed by atoms with van der Waals surface area (Å²) in [4.78, 5) is 28.6. The molecule has 2 heterocycles. The number of nitro benzene ring substituents is 1. The summed E-state index contributed by atoms with van der Waals surface area (Å²) >= 11 is 1.33. The van der Waals surface area contributed by atoms with Crippen LogP contribution < -0.4 is 0 Å². The van der Waals surface area contributed by atoms with E-state index in [1.54, 1.807) is 22.4 Å². The number of hydrogen-bond donors (Lipinski definition) is 1. The summed E-state index contributed by atoms with van der Waals surface area (Å²) in [6, 6.07) is 6.10. The van der Waals surface area contributed by atoms with Crippen molar-refractivity contribution in [1.29, 1.82) is 0 Å². The maximum absolute atomic E-state index is 12.4. The average Bonchev–Trinajstić information content (AvgIpc) is 3.05. The Bertz CT molecular complexity index is 721. The Hall–Kier alpha value is -2.32. The van der Waals surface area contributed by atoms with E-state index in [0.29, 0.717) is 36.6 Å². The minimum absolute atomic E-state index is 0.0217. The molecular weight excluding hydrogens is 318 g/mol. The van der Waals surface area contributed by atoms with Crippen LogP contribution in [-0.2, 0) is 0 Å². The van der Waals surface area contributed by atoms with Gasteiger partial charge in [0.2, 0.25) is 0 Å². The van der Waals surface area contributed by atoms with Crippen molar-refractivity contribution >= 4 is 22.9 Å². The first-order chi connectivity index (χ1) is 11.0. The smallest absolute Gasteiger partial charge is 0.273 e. The van der Waals surface area contributed by atoms with Gasteiger partial charge in [-0.05, 0) is 25.0 Å². The van der Waals surface area contributed by atoms with Crippen molar-refractivity contribution < 1.29 is 14.8 Å². The van der Waals surface area contributed by atoms with Gasteiger partial charge in [-0.25, -0.2) is 4.98 Å². The number of amides is 1. The van der Waals surface area contributed by atoms with Gasteiger partial charge >= 0.3 is 0 Å².